The van der Waals surface area contributed by atoms with Crippen molar-refractivity contribution in [2.75, 3.05) is 11.9 Å². The number of nitrogens with zero attached hydrogens (tertiary/aromatic N) is 3. The molecule has 1 heterocycles. The zero-order valence-electron chi connectivity index (χ0n) is 8.41. The van der Waals surface area contributed by atoms with Crippen molar-refractivity contribution >= 4 is 29.2 Å². The van der Waals surface area contributed by atoms with E-state index in [0.717, 1.165) is 0 Å². The molecule has 0 spiro atoms. The van der Waals surface area contributed by atoms with E-state index >= 15 is 0 Å². The van der Waals surface area contributed by atoms with Crippen LogP contribution in [-0.4, -0.2) is 32.7 Å². The topological polar surface area (TPSA) is 70.9 Å². The Kier molecular flexibility index (Phi) is 4.50. The van der Waals surface area contributed by atoms with Gasteiger partial charge in [0.15, 0.2) is 0 Å². The molecule has 0 amide bonds. The van der Waals surface area contributed by atoms with Gasteiger partial charge in [-0.15, -0.1) is 0 Å². The highest BCUT2D eigenvalue weighted by Gasteiger charge is 2.14. The van der Waals surface area contributed by atoms with E-state index in [-0.39, 0.29) is 35.1 Å². The highest BCUT2D eigenvalue weighted by Crippen LogP contribution is 2.12. The summed E-state index contributed by atoms with van der Waals surface area (Å²) in [5.41, 5.74) is 0. The molecule has 1 aromatic rings. The number of nitrogens with one attached hydrogen (secondary N) is 1. The monoisotopic (exact) mass is 250 g/mol. The first-order valence-corrected chi connectivity index (χ1v) is 5.23. The van der Waals surface area contributed by atoms with Crippen molar-refractivity contribution in [3.63, 3.8) is 0 Å². The van der Waals surface area contributed by atoms with Crippen LogP contribution in [0.15, 0.2) is 0 Å². The summed E-state index contributed by atoms with van der Waals surface area (Å²) in [6.07, 6.45) is 0. The van der Waals surface area contributed by atoms with Crippen LogP contribution < -0.4 is 5.32 Å². The second-order valence-corrected chi connectivity index (χ2v) is 4.05. The summed E-state index contributed by atoms with van der Waals surface area (Å²) in [4.78, 5) is 11.3. The van der Waals surface area contributed by atoms with Gasteiger partial charge in [-0.05, 0) is 29.1 Å². The lowest BCUT2D eigenvalue weighted by Crippen LogP contribution is -2.30. The molecule has 0 aliphatic carbocycles. The minimum absolute atomic E-state index is 0.0153. The van der Waals surface area contributed by atoms with Crippen LogP contribution in [0.5, 0.6) is 0 Å². The van der Waals surface area contributed by atoms with E-state index in [1.807, 2.05) is 13.8 Å². The van der Waals surface area contributed by atoms with Gasteiger partial charge in [0.25, 0.3) is 0 Å². The van der Waals surface area contributed by atoms with E-state index in [4.69, 9.17) is 28.3 Å². The summed E-state index contributed by atoms with van der Waals surface area (Å²) in [7, 11) is 0. The summed E-state index contributed by atoms with van der Waals surface area (Å²) in [6.45, 7) is 3.93. The number of rotatable bonds is 4. The maximum absolute atomic E-state index is 9.10. The first-order chi connectivity index (χ1) is 7.02. The normalized spacial score (nSPS) is 12.9. The third-order valence-electron chi connectivity index (χ3n) is 1.90. The van der Waals surface area contributed by atoms with Crippen LogP contribution in [0.4, 0.5) is 5.95 Å². The first kappa shape index (κ1) is 12.4. The number of aromatic nitrogens is 3. The second kappa shape index (κ2) is 5.44. The molecule has 1 atom stereocenters. The lowest BCUT2D eigenvalue weighted by atomic mass is 10.1. The molecule has 1 unspecified atom stereocenters. The standard InChI is InChI=1S/C8H12Cl2N4O/c1-4(2)5(3-15)11-8-13-6(9)12-7(10)14-8/h4-5,15H,3H2,1-2H3,(H,11,12,13,14). The zero-order valence-corrected chi connectivity index (χ0v) is 9.92. The number of aliphatic hydroxyl groups excluding tert-OH is 1. The van der Waals surface area contributed by atoms with Crippen molar-refractivity contribution in [1.29, 1.82) is 0 Å². The van der Waals surface area contributed by atoms with Crippen LogP contribution in [0.2, 0.25) is 10.6 Å². The van der Waals surface area contributed by atoms with Gasteiger partial charge in [0.05, 0.1) is 12.6 Å². The minimum atomic E-state index is -0.139. The molecule has 0 aliphatic heterocycles. The van der Waals surface area contributed by atoms with Gasteiger partial charge in [-0.25, -0.2) is 0 Å². The predicted octanol–water partition coefficient (Wildman–Crippen LogP) is 1.61. The number of hydrogen-bond donors (Lipinski definition) is 2. The Balaban J connectivity index is 2.79. The SMILES string of the molecule is CC(C)C(CO)Nc1nc(Cl)nc(Cl)n1. The lowest BCUT2D eigenvalue weighted by molar-refractivity contribution is 0.248. The molecule has 0 saturated heterocycles. The quantitative estimate of drug-likeness (QED) is 0.850. The number of hydrogen-bond acceptors (Lipinski definition) is 5. The molecular formula is C8H12Cl2N4O. The van der Waals surface area contributed by atoms with Gasteiger partial charge in [-0.2, -0.15) is 15.0 Å². The Morgan fingerprint density at radius 2 is 1.73 bits per heavy atom. The minimum Gasteiger partial charge on any atom is -0.394 e. The van der Waals surface area contributed by atoms with Gasteiger partial charge < -0.3 is 10.4 Å². The summed E-state index contributed by atoms with van der Waals surface area (Å²) in [5, 5.41) is 12.1. The molecule has 7 heteroatoms. The van der Waals surface area contributed by atoms with E-state index in [0.29, 0.717) is 0 Å². The third-order valence-corrected chi connectivity index (χ3v) is 2.23. The molecule has 2 N–H and O–H groups in total. The van der Waals surface area contributed by atoms with Gasteiger partial charge >= 0.3 is 0 Å². The van der Waals surface area contributed by atoms with E-state index in [1.54, 1.807) is 0 Å². The predicted molar refractivity (Wildman–Crippen MR) is 59.2 cm³/mol. The molecule has 84 valence electrons. The first-order valence-electron chi connectivity index (χ1n) is 4.47. The van der Waals surface area contributed by atoms with Gasteiger partial charge in [0, 0.05) is 0 Å². The fraction of sp³-hybridized carbons (Fsp3) is 0.625. The van der Waals surface area contributed by atoms with Gasteiger partial charge in [-0.1, -0.05) is 13.8 Å². The molecule has 0 saturated carbocycles. The zero-order chi connectivity index (χ0) is 11.4. The van der Waals surface area contributed by atoms with Crippen LogP contribution in [0.3, 0.4) is 0 Å². The Hall–Kier alpha value is -0.650. The maximum atomic E-state index is 9.10. The van der Waals surface area contributed by atoms with E-state index < -0.39 is 0 Å². The summed E-state index contributed by atoms with van der Waals surface area (Å²) in [5.74, 6) is 0.511. The van der Waals surface area contributed by atoms with Crippen molar-refractivity contribution in [1.82, 2.24) is 15.0 Å². The summed E-state index contributed by atoms with van der Waals surface area (Å²) < 4.78 is 0. The lowest BCUT2D eigenvalue weighted by Gasteiger charge is -2.19. The smallest absolute Gasteiger partial charge is 0.228 e. The van der Waals surface area contributed by atoms with Crippen molar-refractivity contribution in [2.45, 2.75) is 19.9 Å². The van der Waals surface area contributed by atoms with E-state index in [2.05, 4.69) is 20.3 Å². The third kappa shape index (κ3) is 3.77. The highest BCUT2D eigenvalue weighted by atomic mass is 35.5. The fourth-order valence-corrected chi connectivity index (χ4v) is 1.34. The summed E-state index contributed by atoms with van der Waals surface area (Å²) >= 11 is 11.2. The van der Waals surface area contributed by atoms with Gasteiger partial charge in [0.2, 0.25) is 16.5 Å². The number of anilines is 1. The fourth-order valence-electron chi connectivity index (χ4n) is 0.979. The van der Waals surface area contributed by atoms with E-state index in [1.165, 1.54) is 0 Å². The Morgan fingerprint density at radius 3 is 2.13 bits per heavy atom. The number of aliphatic hydroxyl groups is 1. The molecule has 0 radical (unpaired) electrons. The van der Waals surface area contributed by atoms with Crippen LogP contribution in [-0.2, 0) is 0 Å². The molecule has 1 rings (SSSR count). The largest absolute Gasteiger partial charge is 0.394 e. The Bertz CT molecular complexity index is 314. The molecule has 15 heavy (non-hydrogen) atoms. The molecule has 0 aliphatic rings. The molecule has 0 fully saturated rings. The van der Waals surface area contributed by atoms with Crippen LogP contribution in [0.1, 0.15) is 13.8 Å². The molecular weight excluding hydrogens is 239 g/mol. The second-order valence-electron chi connectivity index (χ2n) is 3.37. The molecule has 0 aromatic carbocycles. The number of halogens is 2. The Morgan fingerprint density at radius 1 is 1.20 bits per heavy atom. The molecule has 0 bridgehead atoms. The average molecular weight is 251 g/mol. The van der Waals surface area contributed by atoms with Crippen LogP contribution in [0.25, 0.3) is 0 Å². The highest BCUT2D eigenvalue weighted by molar-refractivity contribution is 6.31. The van der Waals surface area contributed by atoms with Crippen LogP contribution >= 0.6 is 23.2 Å². The summed E-state index contributed by atoms with van der Waals surface area (Å²) in [6, 6.07) is -0.139. The van der Waals surface area contributed by atoms with Crippen molar-refractivity contribution < 1.29 is 5.11 Å². The maximum Gasteiger partial charge on any atom is 0.228 e. The Labute approximate surface area is 97.9 Å². The van der Waals surface area contributed by atoms with Crippen LogP contribution in [0, 0.1) is 5.92 Å². The van der Waals surface area contributed by atoms with Gasteiger partial charge in [-0.3, -0.25) is 0 Å². The molecule has 1 aromatic heterocycles. The molecule has 5 nitrogen and oxygen atoms in total. The van der Waals surface area contributed by atoms with E-state index in [9.17, 15) is 0 Å². The average Bonchev–Trinajstić information content (AvgIpc) is 2.12. The van der Waals surface area contributed by atoms with Crippen molar-refractivity contribution in [3.05, 3.63) is 10.6 Å². The van der Waals surface area contributed by atoms with Gasteiger partial charge in [0.1, 0.15) is 0 Å². The van der Waals surface area contributed by atoms with Crippen molar-refractivity contribution in [2.24, 2.45) is 5.92 Å². The van der Waals surface area contributed by atoms with Crippen molar-refractivity contribution in [3.8, 4) is 0 Å².